The van der Waals surface area contributed by atoms with Crippen LogP contribution in [-0.2, 0) is 11.4 Å². The Morgan fingerprint density at radius 1 is 1.03 bits per heavy atom. The van der Waals surface area contributed by atoms with E-state index in [9.17, 15) is 10.1 Å². The number of nitrogens with zero attached hydrogens (tertiary/aromatic N) is 1. The van der Waals surface area contributed by atoms with Crippen molar-refractivity contribution < 1.29 is 9.53 Å². The number of rotatable bonds is 6. The monoisotopic (exact) mass is 466 g/mol. The van der Waals surface area contributed by atoms with Crippen molar-refractivity contribution in [1.82, 2.24) is 0 Å². The Hall–Kier alpha value is -4.07. The van der Waals surface area contributed by atoms with Gasteiger partial charge in [-0.3, -0.25) is 4.79 Å². The quantitative estimate of drug-likeness (QED) is 0.241. The predicted molar refractivity (Wildman–Crippen MR) is 138 cm³/mol. The maximum Gasteiger partial charge on any atom is 0.266 e. The Labute approximate surface area is 204 Å². The Bertz CT molecular complexity index is 1430. The molecule has 0 saturated carbocycles. The third-order valence-corrected chi connectivity index (χ3v) is 5.88. The number of benzene rings is 4. The molecule has 0 saturated heterocycles. The first-order chi connectivity index (χ1) is 16.4. The fourth-order valence-corrected chi connectivity index (χ4v) is 3.90. The van der Waals surface area contributed by atoms with E-state index in [4.69, 9.17) is 16.3 Å². The number of hydrogen-bond acceptors (Lipinski definition) is 3. The highest BCUT2D eigenvalue weighted by Gasteiger charge is 2.11. The van der Waals surface area contributed by atoms with E-state index in [0.29, 0.717) is 28.6 Å². The van der Waals surface area contributed by atoms with Crippen LogP contribution in [0.2, 0.25) is 5.02 Å². The lowest BCUT2D eigenvalue weighted by atomic mass is 10.0. The zero-order valence-electron chi connectivity index (χ0n) is 18.9. The summed E-state index contributed by atoms with van der Waals surface area (Å²) < 4.78 is 6.04. The zero-order valence-corrected chi connectivity index (χ0v) is 19.7. The summed E-state index contributed by atoms with van der Waals surface area (Å²) in [5.41, 5.74) is 4.58. The van der Waals surface area contributed by atoms with Gasteiger partial charge in [0.25, 0.3) is 5.91 Å². The van der Waals surface area contributed by atoms with Crippen molar-refractivity contribution >= 4 is 40.0 Å². The molecule has 4 aromatic carbocycles. The fraction of sp³-hybridized carbons (Fsp3) is 0.103. The van der Waals surface area contributed by atoms with E-state index in [2.05, 4.69) is 36.5 Å². The summed E-state index contributed by atoms with van der Waals surface area (Å²) in [7, 11) is 0. The van der Waals surface area contributed by atoms with Crippen LogP contribution in [0.15, 0.2) is 84.4 Å². The van der Waals surface area contributed by atoms with Gasteiger partial charge in [-0.1, -0.05) is 71.8 Å². The normalized spacial score (nSPS) is 11.2. The second-order valence-electron chi connectivity index (χ2n) is 8.05. The van der Waals surface area contributed by atoms with Crippen molar-refractivity contribution in [2.45, 2.75) is 20.5 Å². The van der Waals surface area contributed by atoms with Gasteiger partial charge in [-0.05, 0) is 66.1 Å². The van der Waals surface area contributed by atoms with Gasteiger partial charge in [-0.25, -0.2) is 0 Å². The van der Waals surface area contributed by atoms with Gasteiger partial charge < -0.3 is 10.1 Å². The van der Waals surface area contributed by atoms with E-state index < -0.39 is 5.91 Å². The Morgan fingerprint density at radius 3 is 2.53 bits per heavy atom. The van der Waals surface area contributed by atoms with Gasteiger partial charge in [0.1, 0.15) is 24.0 Å². The number of carbonyl (C=O) groups excluding carboxylic acids is 1. The fourth-order valence-electron chi connectivity index (χ4n) is 3.66. The number of ether oxygens (including phenoxy) is 1. The van der Waals surface area contributed by atoms with Crippen LogP contribution in [0.1, 0.15) is 22.3 Å². The van der Waals surface area contributed by atoms with Crippen LogP contribution in [0, 0.1) is 25.2 Å². The molecule has 0 aliphatic carbocycles. The lowest BCUT2D eigenvalue weighted by molar-refractivity contribution is -0.112. The minimum absolute atomic E-state index is 0.0170. The van der Waals surface area contributed by atoms with Crippen LogP contribution < -0.4 is 10.1 Å². The summed E-state index contributed by atoms with van der Waals surface area (Å²) >= 11 is 6.47. The maximum absolute atomic E-state index is 12.5. The maximum atomic E-state index is 12.5. The third kappa shape index (κ3) is 5.28. The predicted octanol–water partition coefficient (Wildman–Crippen LogP) is 7.23. The molecule has 0 atom stereocenters. The summed E-state index contributed by atoms with van der Waals surface area (Å²) in [5, 5.41) is 14.9. The summed E-state index contributed by atoms with van der Waals surface area (Å²) in [6.45, 7) is 4.41. The number of anilines is 1. The van der Waals surface area contributed by atoms with Gasteiger partial charge >= 0.3 is 0 Å². The number of amides is 1. The lowest BCUT2D eigenvalue weighted by Gasteiger charge is -2.13. The van der Waals surface area contributed by atoms with Crippen LogP contribution in [0.4, 0.5) is 5.69 Å². The Morgan fingerprint density at radius 2 is 1.79 bits per heavy atom. The standard InChI is InChI=1S/C29H23ClN2O2/c1-19-7-12-24(13-8-19)32-29(33)23(17-31)15-21-10-14-28(27(30)16-21)34-18-26-20(2)9-11-22-5-3-4-6-25(22)26/h3-16H,18H2,1-2H3,(H,32,33)/b23-15+. The molecule has 0 bridgehead atoms. The number of carbonyl (C=O) groups is 1. The number of nitriles is 1. The molecule has 1 N–H and O–H groups in total. The highest BCUT2D eigenvalue weighted by Crippen LogP contribution is 2.29. The van der Waals surface area contributed by atoms with E-state index in [1.165, 1.54) is 6.08 Å². The Balaban J connectivity index is 1.50. The largest absolute Gasteiger partial charge is 0.487 e. The number of aryl methyl sites for hydroxylation is 2. The molecule has 4 rings (SSSR count). The highest BCUT2D eigenvalue weighted by atomic mass is 35.5. The topological polar surface area (TPSA) is 62.1 Å². The van der Waals surface area contributed by atoms with Crippen LogP contribution in [0.25, 0.3) is 16.8 Å². The van der Waals surface area contributed by atoms with E-state index in [1.807, 2.05) is 37.3 Å². The average Bonchev–Trinajstić information content (AvgIpc) is 2.84. The SMILES string of the molecule is Cc1ccc(NC(=O)/C(C#N)=C/c2ccc(OCc3c(C)ccc4ccccc34)c(Cl)c2)cc1. The van der Waals surface area contributed by atoms with Crippen molar-refractivity contribution in [2.24, 2.45) is 0 Å². The first-order valence-electron chi connectivity index (χ1n) is 10.8. The van der Waals surface area contributed by atoms with E-state index in [1.54, 1.807) is 30.3 Å². The summed E-state index contributed by atoms with van der Waals surface area (Å²) in [6.07, 6.45) is 1.51. The third-order valence-electron chi connectivity index (χ3n) is 5.59. The van der Waals surface area contributed by atoms with Crippen LogP contribution in [0.3, 0.4) is 0 Å². The summed E-state index contributed by atoms with van der Waals surface area (Å²) in [4.78, 5) is 12.5. The highest BCUT2D eigenvalue weighted by molar-refractivity contribution is 6.32. The number of hydrogen-bond donors (Lipinski definition) is 1. The molecule has 34 heavy (non-hydrogen) atoms. The molecule has 4 aromatic rings. The molecule has 4 nitrogen and oxygen atoms in total. The molecule has 0 spiro atoms. The van der Waals surface area contributed by atoms with Gasteiger partial charge in [0.05, 0.1) is 5.02 Å². The molecule has 0 aromatic heterocycles. The smallest absolute Gasteiger partial charge is 0.266 e. The number of fused-ring (bicyclic) bond motifs is 1. The first kappa shape index (κ1) is 23.1. The van der Waals surface area contributed by atoms with Gasteiger partial charge in [0.2, 0.25) is 0 Å². The first-order valence-corrected chi connectivity index (χ1v) is 11.2. The molecule has 0 aliphatic heterocycles. The molecule has 168 valence electrons. The van der Waals surface area contributed by atoms with Gasteiger partial charge in [0, 0.05) is 11.3 Å². The molecular weight excluding hydrogens is 444 g/mol. The van der Waals surface area contributed by atoms with Crippen molar-refractivity contribution in [3.63, 3.8) is 0 Å². The second-order valence-corrected chi connectivity index (χ2v) is 8.46. The van der Waals surface area contributed by atoms with Crippen molar-refractivity contribution in [1.29, 1.82) is 5.26 Å². The van der Waals surface area contributed by atoms with Gasteiger partial charge in [-0.15, -0.1) is 0 Å². The molecule has 0 unspecified atom stereocenters. The second kappa shape index (κ2) is 10.2. The van der Waals surface area contributed by atoms with Crippen LogP contribution >= 0.6 is 11.6 Å². The molecule has 0 fully saturated rings. The molecule has 5 heteroatoms. The van der Waals surface area contributed by atoms with Crippen LogP contribution in [-0.4, -0.2) is 5.91 Å². The Kier molecular flexibility index (Phi) is 6.96. The molecule has 1 amide bonds. The molecule has 0 aliphatic rings. The number of nitrogens with one attached hydrogen (secondary N) is 1. The van der Waals surface area contributed by atoms with E-state index >= 15 is 0 Å². The summed E-state index contributed by atoms with van der Waals surface area (Å²) in [6, 6.07) is 26.9. The molecular formula is C29H23ClN2O2. The van der Waals surface area contributed by atoms with Crippen molar-refractivity contribution in [3.05, 3.63) is 112 Å². The zero-order chi connectivity index (χ0) is 24.1. The average molecular weight is 467 g/mol. The molecule has 0 heterocycles. The number of halogens is 1. The minimum Gasteiger partial charge on any atom is -0.487 e. The lowest BCUT2D eigenvalue weighted by Crippen LogP contribution is -2.13. The summed E-state index contributed by atoms with van der Waals surface area (Å²) in [5.74, 6) is 0.0583. The van der Waals surface area contributed by atoms with E-state index in [-0.39, 0.29) is 5.57 Å². The van der Waals surface area contributed by atoms with Crippen molar-refractivity contribution in [2.75, 3.05) is 5.32 Å². The van der Waals surface area contributed by atoms with E-state index in [0.717, 1.165) is 27.5 Å². The molecule has 0 radical (unpaired) electrons. The van der Waals surface area contributed by atoms with Crippen molar-refractivity contribution in [3.8, 4) is 11.8 Å². The van der Waals surface area contributed by atoms with Crippen LogP contribution in [0.5, 0.6) is 5.75 Å². The minimum atomic E-state index is -0.478. The van der Waals surface area contributed by atoms with Gasteiger partial charge in [-0.2, -0.15) is 5.26 Å². The van der Waals surface area contributed by atoms with Gasteiger partial charge in [0.15, 0.2) is 0 Å².